The van der Waals surface area contributed by atoms with Crippen LogP contribution >= 0.6 is 27.7 Å². The molecule has 0 radical (unpaired) electrons. The summed E-state index contributed by atoms with van der Waals surface area (Å²) in [5.41, 5.74) is 1.64. The molecule has 0 aromatic rings. The molecular formula is C14H20BrNS. The van der Waals surface area contributed by atoms with E-state index in [4.69, 9.17) is 0 Å². The van der Waals surface area contributed by atoms with Crippen LogP contribution in [-0.2, 0) is 0 Å². The molecule has 1 aliphatic heterocycles. The van der Waals surface area contributed by atoms with Crippen LogP contribution < -0.4 is 0 Å². The molecule has 0 aromatic carbocycles. The number of alkyl halides is 1. The Morgan fingerprint density at radius 1 is 1.47 bits per heavy atom. The summed E-state index contributed by atoms with van der Waals surface area (Å²) < 4.78 is 0.125. The molecule has 0 N–H and O–H groups in total. The Morgan fingerprint density at radius 3 is 2.65 bits per heavy atom. The van der Waals surface area contributed by atoms with Crippen LogP contribution in [-0.4, -0.2) is 28.6 Å². The third-order valence-corrected chi connectivity index (χ3v) is 5.16. The van der Waals surface area contributed by atoms with Crippen molar-refractivity contribution in [2.24, 2.45) is 5.41 Å². The highest BCUT2D eigenvalue weighted by Crippen LogP contribution is 2.44. The number of likely N-dealkylation sites (tertiary alicyclic amines) is 1. The van der Waals surface area contributed by atoms with Crippen LogP contribution in [0.3, 0.4) is 0 Å². The largest absolute Gasteiger partial charge is 0.370 e. The van der Waals surface area contributed by atoms with Gasteiger partial charge in [-0.05, 0) is 36.7 Å². The van der Waals surface area contributed by atoms with Gasteiger partial charge in [0.05, 0.1) is 0 Å². The summed E-state index contributed by atoms with van der Waals surface area (Å²) in [5.74, 6) is 0. The lowest BCUT2D eigenvalue weighted by molar-refractivity contribution is 0.0912. The maximum absolute atomic E-state index is 4.16. The van der Waals surface area contributed by atoms with Crippen molar-refractivity contribution >= 4 is 27.7 Å². The molecule has 2 rings (SSSR count). The van der Waals surface area contributed by atoms with E-state index < -0.39 is 0 Å². The molecule has 0 amide bonds. The molecule has 0 saturated carbocycles. The molecule has 2 aliphatic rings. The molecule has 1 fully saturated rings. The molecular weight excluding hydrogens is 294 g/mol. The zero-order valence-corrected chi connectivity index (χ0v) is 13.2. The lowest BCUT2D eigenvalue weighted by Gasteiger charge is -2.51. The Balaban J connectivity index is 2.03. The van der Waals surface area contributed by atoms with E-state index in [0.29, 0.717) is 0 Å². The van der Waals surface area contributed by atoms with Gasteiger partial charge in [0.1, 0.15) is 0 Å². The Kier molecular flexibility index (Phi) is 3.52. The van der Waals surface area contributed by atoms with Crippen LogP contribution in [0.4, 0.5) is 0 Å². The third-order valence-electron chi connectivity index (χ3n) is 3.62. The Morgan fingerprint density at radius 2 is 2.12 bits per heavy atom. The molecule has 0 aromatic heterocycles. The van der Waals surface area contributed by atoms with Gasteiger partial charge in [0.25, 0.3) is 0 Å². The molecule has 0 unspecified atom stereocenters. The summed E-state index contributed by atoms with van der Waals surface area (Å²) >= 11 is 5.54. The molecule has 1 nitrogen and oxygen atoms in total. The first-order valence-corrected chi connectivity index (χ1v) is 7.95. The number of thioether (sulfide) groups is 1. The number of nitrogens with zero attached hydrogens (tertiary/aromatic N) is 1. The SMILES string of the molecule is C=C(SC)C1(C)CN(C2=C[C@](C)(Br)CC=C2)C1. The standard InChI is InChI=1S/C14H20BrNS/c1-11(17-4)13(2)9-16(10-13)12-6-5-7-14(3,15)8-12/h5-6,8H,1,7,9-10H2,2-4H3/t14-/m1/s1. The fourth-order valence-electron chi connectivity index (χ4n) is 2.42. The third kappa shape index (κ3) is 2.65. The van der Waals surface area contributed by atoms with Crippen molar-refractivity contribution in [2.45, 2.75) is 24.6 Å². The summed E-state index contributed by atoms with van der Waals surface area (Å²) in [6.45, 7) is 10.9. The van der Waals surface area contributed by atoms with E-state index in [2.05, 4.69) is 65.7 Å². The van der Waals surface area contributed by atoms with Crippen molar-refractivity contribution in [3.63, 3.8) is 0 Å². The molecule has 1 atom stereocenters. The number of rotatable bonds is 3. The van der Waals surface area contributed by atoms with Crippen LogP contribution in [0.15, 0.2) is 35.4 Å². The smallest absolute Gasteiger partial charge is 0.0465 e. The second-order valence-corrected chi connectivity index (χ2v) is 8.21. The fourth-order valence-corrected chi connectivity index (χ4v) is 3.47. The highest BCUT2D eigenvalue weighted by atomic mass is 79.9. The normalized spacial score (nSPS) is 30.8. The lowest BCUT2D eigenvalue weighted by Crippen LogP contribution is -2.54. The van der Waals surface area contributed by atoms with Crippen LogP contribution in [0.1, 0.15) is 20.3 Å². The molecule has 0 spiro atoms. The lowest BCUT2D eigenvalue weighted by atomic mass is 9.81. The van der Waals surface area contributed by atoms with E-state index in [1.807, 2.05) is 0 Å². The van der Waals surface area contributed by atoms with Crippen molar-refractivity contribution in [3.05, 3.63) is 35.4 Å². The monoisotopic (exact) mass is 313 g/mol. The Bertz CT molecular complexity index is 389. The number of hydrogen-bond donors (Lipinski definition) is 0. The van der Waals surface area contributed by atoms with Crippen molar-refractivity contribution in [2.75, 3.05) is 19.3 Å². The van der Waals surface area contributed by atoms with Crippen molar-refractivity contribution in [3.8, 4) is 0 Å². The molecule has 94 valence electrons. The van der Waals surface area contributed by atoms with E-state index in [9.17, 15) is 0 Å². The van der Waals surface area contributed by atoms with Gasteiger partial charge >= 0.3 is 0 Å². The van der Waals surface area contributed by atoms with E-state index in [1.54, 1.807) is 11.8 Å². The van der Waals surface area contributed by atoms with Gasteiger partial charge in [-0.3, -0.25) is 0 Å². The molecule has 0 bridgehead atoms. The predicted octanol–water partition coefficient (Wildman–Crippen LogP) is 4.18. The minimum atomic E-state index is 0.125. The van der Waals surface area contributed by atoms with Crippen molar-refractivity contribution in [1.29, 1.82) is 0 Å². The van der Waals surface area contributed by atoms with Gasteiger partial charge in [-0.25, -0.2) is 0 Å². The average Bonchev–Trinajstić information content (AvgIpc) is 2.22. The van der Waals surface area contributed by atoms with Crippen LogP contribution in [0.5, 0.6) is 0 Å². The minimum absolute atomic E-state index is 0.125. The second kappa shape index (κ2) is 4.51. The van der Waals surface area contributed by atoms with Gasteiger partial charge in [0, 0.05) is 28.5 Å². The Labute approximate surface area is 117 Å². The number of allylic oxidation sites excluding steroid dienone is 3. The van der Waals surface area contributed by atoms with Gasteiger partial charge in [0.15, 0.2) is 0 Å². The highest BCUT2D eigenvalue weighted by molar-refractivity contribution is 9.10. The summed E-state index contributed by atoms with van der Waals surface area (Å²) in [6, 6.07) is 0. The van der Waals surface area contributed by atoms with Crippen LogP contribution in [0.25, 0.3) is 0 Å². The predicted molar refractivity (Wildman–Crippen MR) is 81.5 cm³/mol. The fraction of sp³-hybridized carbons (Fsp3) is 0.571. The van der Waals surface area contributed by atoms with E-state index in [-0.39, 0.29) is 9.74 Å². The van der Waals surface area contributed by atoms with Gasteiger partial charge in [-0.1, -0.05) is 35.5 Å². The zero-order chi connectivity index (χ0) is 12.7. The van der Waals surface area contributed by atoms with Crippen molar-refractivity contribution in [1.82, 2.24) is 4.90 Å². The average molecular weight is 314 g/mol. The minimum Gasteiger partial charge on any atom is -0.370 e. The van der Waals surface area contributed by atoms with Gasteiger partial charge < -0.3 is 4.90 Å². The first kappa shape index (κ1) is 13.3. The summed E-state index contributed by atoms with van der Waals surface area (Å²) in [4.78, 5) is 3.74. The first-order valence-electron chi connectivity index (χ1n) is 5.93. The second-order valence-electron chi connectivity index (χ2n) is 5.50. The van der Waals surface area contributed by atoms with Crippen LogP contribution in [0, 0.1) is 5.41 Å². The maximum atomic E-state index is 4.16. The number of halogens is 1. The zero-order valence-electron chi connectivity index (χ0n) is 10.8. The maximum Gasteiger partial charge on any atom is 0.0465 e. The molecule has 1 saturated heterocycles. The molecule has 1 aliphatic carbocycles. The molecule has 3 heteroatoms. The van der Waals surface area contributed by atoms with Gasteiger partial charge in [-0.2, -0.15) is 0 Å². The summed E-state index contributed by atoms with van der Waals surface area (Å²) in [5, 5.41) is 0. The van der Waals surface area contributed by atoms with E-state index in [0.717, 1.165) is 19.5 Å². The van der Waals surface area contributed by atoms with E-state index in [1.165, 1.54) is 10.6 Å². The van der Waals surface area contributed by atoms with Gasteiger partial charge in [-0.15, -0.1) is 11.8 Å². The topological polar surface area (TPSA) is 3.24 Å². The number of hydrogen-bond acceptors (Lipinski definition) is 2. The molecule has 17 heavy (non-hydrogen) atoms. The summed E-state index contributed by atoms with van der Waals surface area (Å²) in [6.07, 6.45) is 10.0. The van der Waals surface area contributed by atoms with Crippen molar-refractivity contribution < 1.29 is 0 Å². The first-order chi connectivity index (χ1) is 7.86. The van der Waals surface area contributed by atoms with E-state index >= 15 is 0 Å². The highest BCUT2D eigenvalue weighted by Gasteiger charge is 2.41. The Hall–Kier alpha value is -0.150. The summed E-state index contributed by atoms with van der Waals surface area (Å²) in [7, 11) is 0. The van der Waals surface area contributed by atoms with Crippen LogP contribution in [0.2, 0.25) is 0 Å². The molecule has 1 heterocycles. The quantitative estimate of drug-likeness (QED) is 0.719. The van der Waals surface area contributed by atoms with Gasteiger partial charge in [0.2, 0.25) is 0 Å².